The zero-order chi connectivity index (χ0) is 16.4. The molecule has 1 aliphatic heterocycles. The fourth-order valence-electron chi connectivity index (χ4n) is 3.05. The van der Waals surface area contributed by atoms with Crippen molar-refractivity contribution < 1.29 is 9.32 Å². The zero-order valence-electron chi connectivity index (χ0n) is 13.8. The van der Waals surface area contributed by atoms with E-state index in [2.05, 4.69) is 21.1 Å². The highest BCUT2D eigenvalue weighted by molar-refractivity contribution is 5.94. The minimum absolute atomic E-state index is 0.0265. The molecule has 1 unspecified atom stereocenters. The average molecular weight is 314 g/mol. The summed E-state index contributed by atoms with van der Waals surface area (Å²) >= 11 is 0. The molecule has 6 nitrogen and oxygen atoms in total. The molecule has 0 radical (unpaired) electrons. The van der Waals surface area contributed by atoms with Gasteiger partial charge in [-0.25, -0.2) is 0 Å². The molecule has 1 aromatic heterocycles. The van der Waals surface area contributed by atoms with Gasteiger partial charge >= 0.3 is 0 Å². The molecule has 23 heavy (non-hydrogen) atoms. The Morgan fingerprint density at radius 1 is 1.43 bits per heavy atom. The van der Waals surface area contributed by atoms with E-state index in [9.17, 15) is 4.79 Å². The van der Waals surface area contributed by atoms with Gasteiger partial charge in [-0.05, 0) is 37.1 Å². The van der Waals surface area contributed by atoms with Crippen LogP contribution in [0.2, 0.25) is 0 Å². The SMILES string of the molecule is Cc1nc(C2CCCN2Cc2cccc(C(=O)N(C)C)c2)no1. The molecule has 1 amide bonds. The molecule has 6 heteroatoms. The van der Waals surface area contributed by atoms with Crippen LogP contribution in [0.15, 0.2) is 28.8 Å². The molecular weight excluding hydrogens is 292 g/mol. The molecule has 0 spiro atoms. The summed E-state index contributed by atoms with van der Waals surface area (Å²) in [6, 6.07) is 8.02. The van der Waals surface area contributed by atoms with Crippen molar-refractivity contribution in [3.05, 3.63) is 47.1 Å². The molecule has 122 valence electrons. The highest BCUT2D eigenvalue weighted by Crippen LogP contribution is 2.31. The zero-order valence-corrected chi connectivity index (χ0v) is 13.8. The van der Waals surface area contributed by atoms with Crippen LogP contribution in [0.5, 0.6) is 0 Å². The predicted molar refractivity (Wildman–Crippen MR) is 85.9 cm³/mol. The van der Waals surface area contributed by atoms with Crippen molar-refractivity contribution in [1.29, 1.82) is 0 Å². The molecule has 1 aromatic carbocycles. The normalized spacial score (nSPS) is 18.3. The van der Waals surface area contributed by atoms with Crippen molar-refractivity contribution in [2.75, 3.05) is 20.6 Å². The molecule has 2 heterocycles. The molecule has 3 rings (SSSR count). The first-order chi connectivity index (χ1) is 11.0. The van der Waals surface area contributed by atoms with Crippen LogP contribution in [0.25, 0.3) is 0 Å². The van der Waals surface area contributed by atoms with Gasteiger partial charge in [-0.3, -0.25) is 9.69 Å². The van der Waals surface area contributed by atoms with E-state index >= 15 is 0 Å². The Bertz CT molecular complexity index is 695. The minimum Gasteiger partial charge on any atom is -0.345 e. The summed E-state index contributed by atoms with van der Waals surface area (Å²) in [6.07, 6.45) is 2.16. The number of hydrogen-bond acceptors (Lipinski definition) is 5. The molecule has 1 fully saturated rings. The molecule has 1 atom stereocenters. The van der Waals surface area contributed by atoms with Gasteiger partial charge in [0.05, 0.1) is 6.04 Å². The summed E-state index contributed by atoms with van der Waals surface area (Å²) in [6.45, 7) is 3.60. The predicted octanol–water partition coefficient (Wildman–Crippen LogP) is 2.42. The molecular formula is C17H22N4O2. The topological polar surface area (TPSA) is 62.5 Å². The Balaban J connectivity index is 1.76. The molecule has 0 aliphatic carbocycles. The van der Waals surface area contributed by atoms with Crippen LogP contribution in [0.4, 0.5) is 0 Å². The lowest BCUT2D eigenvalue weighted by Crippen LogP contribution is -2.24. The third-order valence-electron chi connectivity index (χ3n) is 4.17. The van der Waals surface area contributed by atoms with Gasteiger partial charge in [0.25, 0.3) is 5.91 Å². The number of aryl methyl sites for hydroxylation is 1. The summed E-state index contributed by atoms with van der Waals surface area (Å²) in [7, 11) is 3.54. The summed E-state index contributed by atoms with van der Waals surface area (Å²) in [4.78, 5) is 20.4. The third kappa shape index (κ3) is 3.42. The second-order valence-corrected chi connectivity index (χ2v) is 6.20. The smallest absolute Gasteiger partial charge is 0.253 e. The van der Waals surface area contributed by atoms with E-state index in [1.54, 1.807) is 19.0 Å². The van der Waals surface area contributed by atoms with Gasteiger partial charge < -0.3 is 9.42 Å². The van der Waals surface area contributed by atoms with Gasteiger partial charge in [0.15, 0.2) is 5.82 Å². The van der Waals surface area contributed by atoms with E-state index in [0.717, 1.165) is 42.9 Å². The van der Waals surface area contributed by atoms with Gasteiger partial charge in [0.2, 0.25) is 5.89 Å². The monoisotopic (exact) mass is 314 g/mol. The second kappa shape index (κ2) is 6.50. The van der Waals surface area contributed by atoms with Crippen LogP contribution in [0, 0.1) is 6.92 Å². The average Bonchev–Trinajstić information content (AvgIpc) is 3.15. The van der Waals surface area contributed by atoms with Crippen LogP contribution in [0.3, 0.4) is 0 Å². The summed E-state index contributed by atoms with van der Waals surface area (Å²) in [5.41, 5.74) is 1.85. The minimum atomic E-state index is 0.0265. The number of benzene rings is 1. The maximum atomic E-state index is 12.1. The van der Waals surface area contributed by atoms with Crippen LogP contribution >= 0.6 is 0 Å². The molecule has 0 bridgehead atoms. The highest BCUT2D eigenvalue weighted by Gasteiger charge is 2.29. The van der Waals surface area contributed by atoms with Crippen LogP contribution in [0.1, 0.15) is 46.5 Å². The summed E-state index contributed by atoms with van der Waals surface area (Å²) in [5, 5.41) is 4.07. The number of aromatic nitrogens is 2. The van der Waals surface area contributed by atoms with E-state index in [1.807, 2.05) is 25.1 Å². The Kier molecular flexibility index (Phi) is 4.43. The standard InChI is InChI=1S/C17H22N4O2/c1-12-18-16(19-23-12)15-8-5-9-21(15)11-13-6-4-7-14(10-13)17(22)20(2)3/h4,6-7,10,15H,5,8-9,11H2,1-3H3. The second-order valence-electron chi connectivity index (χ2n) is 6.20. The maximum Gasteiger partial charge on any atom is 0.253 e. The Hall–Kier alpha value is -2.21. The quantitative estimate of drug-likeness (QED) is 0.867. The van der Waals surface area contributed by atoms with Crippen molar-refractivity contribution in [3.63, 3.8) is 0 Å². The molecule has 0 N–H and O–H groups in total. The first-order valence-electron chi connectivity index (χ1n) is 7.89. The van der Waals surface area contributed by atoms with E-state index in [-0.39, 0.29) is 11.9 Å². The molecule has 1 saturated heterocycles. The summed E-state index contributed by atoms with van der Waals surface area (Å²) in [5.74, 6) is 1.39. The number of carbonyl (C=O) groups excluding carboxylic acids is 1. The van der Waals surface area contributed by atoms with Crippen LogP contribution in [-0.2, 0) is 6.54 Å². The number of carbonyl (C=O) groups is 1. The van der Waals surface area contributed by atoms with Crippen molar-refractivity contribution >= 4 is 5.91 Å². The lowest BCUT2D eigenvalue weighted by molar-refractivity contribution is 0.0827. The Morgan fingerprint density at radius 3 is 2.96 bits per heavy atom. The third-order valence-corrected chi connectivity index (χ3v) is 4.17. The first kappa shape index (κ1) is 15.7. The molecule has 0 saturated carbocycles. The maximum absolute atomic E-state index is 12.1. The lowest BCUT2D eigenvalue weighted by Gasteiger charge is -2.22. The number of nitrogens with zero attached hydrogens (tertiary/aromatic N) is 4. The summed E-state index contributed by atoms with van der Waals surface area (Å²) < 4.78 is 5.11. The Morgan fingerprint density at radius 2 is 2.26 bits per heavy atom. The number of likely N-dealkylation sites (tertiary alicyclic amines) is 1. The largest absolute Gasteiger partial charge is 0.345 e. The van der Waals surface area contributed by atoms with Gasteiger partial charge in [-0.1, -0.05) is 17.3 Å². The van der Waals surface area contributed by atoms with Crippen molar-refractivity contribution in [1.82, 2.24) is 19.9 Å². The molecule has 2 aromatic rings. The lowest BCUT2D eigenvalue weighted by atomic mass is 10.1. The number of hydrogen-bond donors (Lipinski definition) is 0. The number of rotatable bonds is 4. The highest BCUT2D eigenvalue weighted by atomic mass is 16.5. The van der Waals surface area contributed by atoms with Gasteiger partial charge in [0.1, 0.15) is 0 Å². The Labute approximate surface area is 136 Å². The van der Waals surface area contributed by atoms with Crippen molar-refractivity contribution in [3.8, 4) is 0 Å². The van der Waals surface area contributed by atoms with E-state index in [0.29, 0.717) is 5.89 Å². The van der Waals surface area contributed by atoms with Gasteiger partial charge in [0, 0.05) is 33.1 Å². The van der Waals surface area contributed by atoms with E-state index in [4.69, 9.17) is 4.52 Å². The fourth-order valence-corrected chi connectivity index (χ4v) is 3.05. The first-order valence-corrected chi connectivity index (χ1v) is 7.89. The van der Waals surface area contributed by atoms with Crippen LogP contribution in [-0.4, -0.2) is 46.5 Å². The van der Waals surface area contributed by atoms with Crippen LogP contribution < -0.4 is 0 Å². The van der Waals surface area contributed by atoms with Crippen molar-refractivity contribution in [2.24, 2.45) is 0 Å². The molecule has 1 aliphatic rings. The van der Waals surface area contributed by atoms with E-state index in [1.165, 1.54) is 0 Å². The number of amides is 1. The van der Waals surface area contributed by atoms with Gasteiger partial charge in [-0.15, -0.1) is 0 Å². The van der Waals surface area contributed by atoms with Gasteiger partial charge in [-0.2, -0.15) is 4.98 Å². The van der Waals surface area contributed by atoms with Crippen molar-refractivity contribution in [2.45, 2.75) is 32.4 Å². The fraction of sp³-hybridized carbons (Fsp3) is 0.471. The van der Waals surface area contributed by atoms with E-state index < -0.39 is 0 Å².